The zero-order valence-corrected chi connectivity index (χ0v) is 16.4. The van der Waals surface area contributed by atoms with E-state index in [4.69, 9.17) is 19.2 Å². The van der Waals surface area contributed by atoms with E-state index in [1.54, 1.807) is 20.3 Å². The Morgan fingerprint density at radius 3 is 2.60 bits per heavy atom. The number of aromatic nitrogens is 1. The minimum Gasteiger partial charge on any atom is -0.497 e. The van der Waals surface area contributed by atoms with Gasteiger partial charge in [0, 0.05) is 18.2 Å². The third-order valence-corrected chi connectivity index (χ3v) is 4.73. The molecule has 0 aliphatic rings. The highest BCUT2D eigenvalue weighted by molar-refractivity contribution is 5.81. The number of oxazole rings is 1. The summed E-state index contributed by atoms with van der Waals surface area (Å²) in [6, 6.07) is 17.7. The molecule has 0 saturated carbocycles. The Balaban J connectivity index is 1.57. The van der Waals surface area contributed by atoms with Gasteiger partial charge in [0.25, 0.3) is 6.01 Å². The summed E-state index contributed by atoms with van der Waals surface area (Å²) >= 11 is 0. The molecule has 4 aromatic rings. The average molecular weight is 403 g/mol. The molecule has 0 spiro atoms. The smallest absolute Gasteiger partial charge is 0.295 e. The molecule has 30 heavy (non-hydrogen) atoms. The van der Waals surface area contributed by atoms with Crippen molar-refractivity contribution in [1.29, 1.82) is 5.26 Å². The number of nitrogens with one attached hydrogen (secondary N) is 1. The van der Waals surface area contributed by atoms with Gasteiger partial charge in [-0.1, -0.05) is 12.1 Å². The highest BCUT2D eigenvalue weighted by Crippen LogP contribution is 2.29. The summed E-state index contributed by atoms with van der Waals surface area (Å²) in [4.78, 5) is 4.44. The van der Waals surface area contributed by atoms with Crippen molar-refractivity contribution in [3.05, 3.63) is 71.5 Å². The first-order valence-corrected chi connectivity index (χ1v) is 9.16. The van der Waals surface area contributed by atoms with E-state index in [0.29, 0.717) is 35.2 Å². The molecule has 0 atom stereocenters. The van der Waals surface area contributed by atoms with Crippen LogP contribution in [0.3, 0.4) is 0 Å². The van der Waals surface area contributed by atoms with Gasteiger partial charge in [0.15, 0.2) is 5.58 Å². The fourth-order valence-electron chi connectivity index (χ4n) is 3.14. The van der Waals surface area contributed by atoms with E-state index in [1.807, 2.05) is 42.5 Å². The third kappa shape index (κ3) is 3.76. The second-order valence-corrected chi connectivity index (χ2v) is 6.54. The first-order valence-electron chi connectivity index (χ1n) is 9.16. The van der Waals surface area contributed by atoms with Gasteiger partial charge in [-0.2, -0.15) is 10.2 Å². The number of hydrogen-bond acceptors (Lipinski definition) is 6. The fraction of sp³-hybridized carbons (Fsp3) is 0.130. The third-order valence-electron chi connectivity index (χ3n) is 4.73. The number of rotatable bonds is 6. The van der Waals surface area contributed by atoms with Crippen LogP contribution in [0.2, 0.25) is 0 Å². The maximum atomic E-state index is 13.6. The molecule has 0 saturated heterocycles. The predicted molar refractivity (Wildman–Crippen MR) is 111 cm³/mol. The highest BCUT2D eigenvalue weighted by Gasteiger charge is 2.11. The first-order chi connectivity index (χ1) is 14.6. The van der Waals surface area contributed by atoms with Crippen molar-refractivity contribution in [1.82, 2.24) is 4.98 Å². The molecule has 6 nitrogen and oxygen atoms in total. The second kappa shape index (κ2) is 8.13. The monoisotopic (exact) mass is 403 g/mol. The van der Waals surface area contributed by atoms with Gasteiger partial charge in [-0.05, 0) is 47.5 Å². The fourth-order valence-corrected chi connectivity index (χ4v) is 3.14. The van der Waals surface area contributed by atoms with Crippen LogP contribution in [0.1, 0.15) is 11.1 Å². The molecule has 1 N–H and O–H groups in total. The Labute approximate surface area is 172 Å². The Kier molecular flexibility index (Phi) is 5.22. The van der Waals surface area contributed by atoms with E-state index < -0.39 is 5.82 Å². The van der Waals surface area contributed by atoms with Crippen LogP contribution in [0.15, 0.2) is 59.0 Å². The number of nitriles is 1. The van der Waals surface area contributed by atoms with Gasteiger partial charge in [0.2, 0.25) is 0 Å². The maximum Gasteiger partial charge on any atom is 0.295 e. The quantitative estimate of drug-likeness (QED) is 0.480. The Hall–Kier alpha value is -4.05. The summed E-state index contributed by atoms with van der Waals surface area (Å²) in [6.07, 6.45) is 0. The molecule has 3 aromatic carbocycles. The van der Waals surface area contributed by atoms with Gasteiger partial charge < -0.3 is 19.2 Å². The van der Waals surface area contributed by atoms with E-state index in [1.165, 1.54) is 12.1 Å². The zero-order valence-electron chi connectivity index (χ0n) is 16.4. The van der Waals surface area contributed by atoms with Crippen LogP contribution in [0.4, 0.5) is 10.4 Å². The van der Waals surface area contributed by atoms with Crippen molar-refractivity contribution in [3.8, 4) is 28.7 Å². The Morgan fingerprint density at radius 2 is 1.83 bits per heavy atom. The molecule has 0 aliphatic carbocycles. The normalized spacial score (nSPS) is 10.6. The van der Waals surface area contributed by atoms with Crippen LogP contribution in [0, 0.1) is 17.1 Å². The molecule has 0 radical (unpaired) electrons. The number of fused-ring (bicyclic) bond motifs is 1. The standard InChI is InChI=1S/C23H18FN3O3/c1-28-18-6-3-16(21(11-18)29-2)13-26-23-27-20-8-5-15(10-22(20)30-23)14-4-7-19(24)17(9-14)12-25/h3-11H,13H2,1-2H3,(H,26,27). The van der Waals surface area contributed by atoms with Gasteiger partial charge >= 0.3 is 0 Å². The minimum atomic E-state index is -0.539. The van der Waals surface area contributed by atoms with Gasteiger partial charge in [0.05, 0.1) is 19.8 Å². The number of hydrogen-bond donors (Lipinski definition) is 1. The van der Waals surface area contributed by atoms with Crippen LogP contribution in [-0.2, 0) is 6.54 Å². The lowest BCUT2D eigenvalue weighted by Crippen LogP contribution is -2.02. The number of benzene rings is 3. The largest absolute Gasteiger partial charge is 0.497 e. The first kappa shape index (κ1) is 19.3. The van der Waals surface area contributed by atoms with Crippen molar-refractivity contribution >= 4 is 17.1 Å². The van der Waals surface area contributed by atoms with Gasteiger partial charge in [-0.15, -0.1) is 0 Å². The van der Waals surface area contributed by atoms with Crippen LogP contribution in [-0.4, -0.2) is 19.2 Å². The lowest BCUT2D eigenvalue weighted by molar-refractivity contribution is 0.391. The number of anilines is 1. The minimum absolute atomic E-state index is 0.000890. The summed E-state index contributed by atoms with van der Waals surface area (Å²) in [5.74, 6) is 0.873. The molecule has 0 unspecified atom stereocenters. The van der Waals surface area contributed by atoms with Crippen LogP contribution in [0.5, 0.6) is 11.5 Å². The van der Waals surface area contributed by atoms with E-state index >= 15 is 0 Å². The lowest BCUT2D eigenvalue weighted by Gasteiger charge is -2.10. The highest BCUT2D eigenvalue weighted by atomic mass is 19.1. The second-order valence-electron chi connectivity index (χ2n) is 6.54. The topological polar surface area (TPSA) is 80.3 Å². The Morgan fingerprint density at radius 1 is 1.03 bits per heavy atom. The van der Waals surface area contributed by atoms with Crippen molar-refractivity contribution in [3.63, 3.8) is 0 Å². The average Bonchev–Trinajstić information content (AvgIpc) is 3.20. The van der Waals surface area contributed by atoms with E-state index in [2.05, 4.69) is 10.3 Å². The van der Waals surface area contributed by atoms with Crippen molar-refractivity contribution in [2.45, 2.75) is 6.54 Å². The molecular formula is C23H18FN3O3. The predicted octanol–water partition coefficient (Wildman–Crippen LogP) is 5.13. The number of nitrogens with zero attached hydrogens (tertiary/aromatic N) is 2. The molecule has 0 bridgehead atoms. The van der Waals surface area contributed by atoms with Crippen LogP contribution < -0.4 is 14.8 Å². The van der Waals surface area contributed by atoms with E-state index in [9.17, 15) is 4.39 Å². The van der Waals surface area contributed by atoms with Crippen molar-refractivity contribution in [2.75, 3.05) is 19.5 Å². The molecule has 0 aliphatic heterocycles. The summed E-state index contributed by atoms with van der Waals surface area (Å²) in [6.45, 7) is 0.455. The van der Waals surface area contributed by atoms with E-state index in [0.717, 1.165) is 16.7 Å². The SMILES string of the molecule is COc1ccc(CNc2nc3ccc(-c4ccc(F)c(C#N)c4)cc3o2)c(OC)c1. The lowest BCUT2D eigenvalue weighted by atomic mass is 10.0. The van der Waals surface area contributed by atoms with Gasteiger partial charge in [-0.25, -0.2) is 4.39 Å². The van der Waals surface area contributed by atoms with Crippen LogP contribution in [0.25, 0.3) is 22.2 Å². The molecule has 4 rings (SSSR count). The number of ether oxygens (including phenoxy) is 2. The van der Waals surface area contributed by atoms with Crippen LogP contribution >= 0.6 is 0 Å². The Bertz CT molecular complexity index is 1260. The van der Waals surface area contributed by atoms with Crippen molar-refractivity contribution in [2.24, 2.45) is 0 Å². The summed E-state index contributed by atoms with van der Waals surface area (Å²) in [5, 5.41) is 12.2. The summed E-state index contributed by atoms with van der Waals surface area (Å²) < 4.78 is 30.0. The van der Waals surface area contributed by atoms with E-state index in [-0.39, 0.29) is 5.56 Å². The molecule has 1 heterocycles. The van der Waals surface area contributed by atoms with Crippen molar-refractivity contribution < 1.29 is 18.3 Å². The number of methoxy groups -OCH3 is 2. The number of halogens is 1. The van der Waals surface area contributed by atoms with Gasteiger partial charge in [0.1, 0.15) is 28.9 Å². The summed E-state index contributed by atoms with van der Waals surface area (Å²) in [5.41, 5.74) is 3.73. The molecule has 150 valence electrons. The molecule has 0 amide bonds. The molecular weight excluding hydrogens is 385 g/mol. The molecule has 7 heteroatoms. The van der Waals surface area contributed by atoms with Gasteiger partial charge in [-0.3, -0.25) is 0 Å². The molecule has 0 fully saturated rings. The summed E-state index contributed by atoms with van der Waals surface area (Å²) in [7, 11) is 3.21. The molecule has 1 aromatic heterocycles. The zero-order chi connectivity index (χ0) is 21.1. The maximum absolute atomic E-state index is 13.6.